The van der Waals surface area contributed by atoms with Crippen molar-refractivity contribution in [2.45, 2.75) is 32.4 Å². The largest absolute Gasteiger partial charge is 0.494 e. The Hall–Kier alpha value is -2.60. The van der Waals surface area contributed by atoms with Crippen LogP contribution in [0.15, 0.2) is 48.5 Å². The highest BCUT2D eigenvalue weighted by atomic mass is 35.5. The lowest BCUT2D eigenvalue weighted by Crippen LogP contribution is -2.46. The molecular formula is C21H24ClFN2O3. The number of amides is 2. The van der Waals surface area contributed by atoms with Crippen molar-refractivity contribution in [3.63, 3.8) is 0 Å². The molecule has 0 bridgehead atoms. The van der Waals surface area contributed by atoms with Crippen molar-refractivity contribution in [1.82, 2.24) is 10.2 Å². The van der Waals surface area contributed by atoms with Crippen LogP contribution < -0.4 is 10.1 Å². The maximum atomic E-state index is 14.0. The summed E-state index contributed by atoms with van der Waals surface area (Å²) >= 11 is 5.83. The van der Waals surface area contributed by atoms with Crippen molar-refractivity contribution in [2.75, 3.05) is 13.7 Å². The number of hydrogen-bond acceptors (Lipinski definition) is 3. The number of ether oxygens (including phenoxy) is 1. The summed E-state index contributed by atoms with van der Waals surface area (Å²) in [5.74, 6) is -0.282. The Morgan fingerprint density at radius 1 is 1.18 bits per heavy atom. The first kappa shape index (κ1) is 21.7. The second kappa shape index (κ2) is 10.7. The molecule has 0 spiro atoms. The summed E-state index contributed by atoms with van der Waals surface area (Å²) in [6.07, 6.45) is 0.652. The third kappa shape index (κ3) is 6.23. The SMILES string of the molecule is CNC(=O)C(C)N(Cc1ccccc1F)C(=O)CCCOc1ccc(Cl)cc1. The molecule has 0 aliphatic rings. The summed E-state index contributed by atoms with van der Waals surface area (Å²) in [5.41, 5.74) is 0.365. The lowest BCUT2D eigenvalue weighted by Gasteiger charge is -2.28. The lowest BCUT2D eigenvalue weighted by atomic mass is 10.1. The zero-order valence-corrected chi connectivity index (χ0v) is 16.7. The number of hydrogen-bond donors (Lipinski definition) is 1. The summed E-state index contributed by atoms with van der Waals surface area (Å²) in [4.78, 5) is 26.2. The number of likely N-dealkylation sites (N-methyl/N-ethyl adjacent to an activating group) is 1. The summed E-state index contributed by atoms with van der Waals surface area (Å²) in [5, 5.41) is 3.15. The Labute approximate surface area is 169 Å². The minimum atomic E-state index is -0.714. The number of benzene rings is 2. The van der Waals surface area contributed by atoms with Crippen molar-refractivity contribution in [1.29, 1.82) is 0 Å². The molecular weight excluding hydrogens is 383 g/mol. The van der Waals surface area contributed by atoms with E-state index >= 15 is 0 Å². The van der Waals surface area contributed by atoms with Gasteiger partial charge in [0, 0.05) is 30.6 Å². The van der Waals surface area contributed by atoms with Crippen LogP contribution in [0.3, 0.4) is 0 Å². The van der Waals surface area contributed by atoms with E-state index in [-0.39, 0.29) is 24.8 Å². The molecule has 0 aliphatic heterocycles. The van der Waals surface area contributed by atoms with Crippen molar-refractivity contribution in [3.8, 4) is 5.75 Å². The van der Waals surface area contributed by atoms with Crippen LogP contribution in [-0.2, 0) is 16.1 Å². The van der Waals surface area contributed by atoms with Gasteiger partial charge in [-0.05, 0) is 43.7 Å². The molecule has 0 fully saturated rings. The third-order valence-electron chi connectivity index (χ3n) is 4.33. The van der Waals surface area contributed by atoms with Crippen LogP contribution in [0.2, 0.25) is 5.02 Å². The summed E-state index contributed by atoms with van der Waals surface area (Å²) < 4.78 is 19.6. The Bertz CT molecular complexity index is 798. The molecule has 2 rings (SSSR count). The molecule has 1 atom stereocenters. The van der Waals surface area contributed by atoms with Crippen LogP contribution in [0.5, 0.6) is 5.75 Å². The Morgan fingerprint density at radius 2 is 1.86 bits per heavy atom. The average molecular weight is 407 g/mol. The molecule has 0 aromatic heterocycles. The van der Waals surface area contributed by atoms with E-state index in [4.69, 9.17) is 16.3 Å². The quantitative estimate of drug-likeness (QED) is 0.644. The van der Waals surface area contributed by atoms with Gasteiger partial charge in [0.2, 0.25) is 11.8 Å². The molecule has 1 N–H and O–H groups in total. The van der Waals surface area contributed by atoms with E-state index < -0.39 is 11.9 Å². The van der Waals surface area contributed by atoms with Gasteiger partial charge >= 0.3 is 0 Å². The highest BCUT2D eigenvalue weighted by Crippen LogP contribution is 2.17. The van der Waals surface area contributed by atoms with Gasteiger partial charge in [-0.2, -0.15) is 0 Å². The molecule has 28 heavy (non-hydrogen) atoms. The Kier molecular flexibility index (Phi) is 8.26. The molecule has 0 heterocycles. The highest BCUT2D eigenvalue weighted by Gasteiger charge is 2.25. The smallest absolute Gasteiger partial charge is 0.242 e. The van der Waals surface area contributed by atoms with Crippen molar-refractivity contribution < 1.29 is 18.7 Å². The van der Waals surface area contributed by atoms with Crippen molar-refractivity contribution >= 4 is 23.4 Å². The fourth-order valence-electron chi connectivity index (χ4n) is 2.69. The molecule has 2 aromatic rings. The van der Waals surface area contributed by atoms with Crippen LogP contribution in [0.4, 0.5) is 4.39 Å². The molecule has 0 aliphatic carbocycles. The monoisotopic (exact) mass is 406 g/mol. The normalized spacial score (nSPS) is 11.6. The van der Waals surface area contributed by atoms with Gasteiger partial charge in [-0.3, -0.25) is 9.59 Å². The third-order valence-corrected chi connectivity index (χ3v) is 4.58. The van der Waals surface area contributed by atoms with Gasteiger partial charge in [-0.15, -0.1) is 0 Å². The first-order chi connectivity index (χ1) is 13.4. The second-order valence-corrected chi connectivity index (χ2v) is 6.75. The standard InChI is InChI=1S/C21H24ClFN2O3/c1-15(21(27)24-2)25(14-16-6-3-4-7-19(16)23)20(26)8-5-13-28-18-11-9-17(22)10-12-18/h3-4,6-7,9-12,15H,5,8,13-14H2,1-2H3,(H,24,27). The number of rotatable bonds is 9. The van der Waals surface area contributed by atoms with Crippen LogP contribution in [0, 0.1) is 5.82 Å². The lowest BCUT2D eigenvalue weighted by molar-refractivity contribution is -0.140. The molecule has 1 unspecified atom stereocenters. The van der Waals surface area contributed by atoms with Crippen LogP contribution >= 0.6 is 11.6 Å². The fraction of sp³-hybridized carbons (Fsp3) is 0.333. The Morgan fingerprint density at radius 3 is 2.50 bits per heavy atom. The zero-order chi connectivity index (χ0) is 20.5. The van der Waals surface area contributed by atoms with Gasteiger partial charge in [0.05, 0.1) is 6.61 Å². The van der Waals surface area contributed by atoms with Gasteiger partial charge in [-0.1, -0.05) is 29.8 Å². The fourth-order valence-corrected chi connectivity index (χ4v) is 2.82. The summed E-state index contributed by atoms with van der Waals surface area (Å²) in [6, 6.07) is 12.5. The van der Waals surface area contributed by atoms with E-state index in [0.717, 1.165) is 0 Å². The molecule has 2 amide bonds. The van der Waals surface area contributed by atoms with Gasteiger partial charge in [0.15, 0.2) is 0 Å². The number of carbonyl (C=O) groups excluding carboxylic acids is 2. The first-order valence-electron chi connectivity index (χ1n) is 9.05. The molecule has 0 radical (unpaired) electrons. The number of carbonyl (C=O) groups is 2. The summed E-state index contributed by atoms with van der Waals surface area (Å²) in [6.45, 7) is 2.00. The van der Waals surface area contributed by atoms with E-state index in [1.165, 1.54) is 18.0 Å². The maximum Gasteiger partial charge on any atom is 0.242 e. The van der Waals surface area contributed by atoms with E-state index in [1.54, 1.807) is 49.4 Å². The number of halogens is 2. The van der Waals surface area contributed by atoms with E-state index in [0.29, 0.717) is 29.4 Å². The van der Waals surface area contributed by atoms with E-state index in [9.17, 15) is 14.0 Å². The van der Waals surface area contributed by atoms with Crippen molar-refractivity contribution in [2.24, 2.45) is 0 Å². The molecule has 150 valence electrons. The maximum absolute atomic E-state index is 14.0. The molecule has 0 saturated heterocycles. The van der Waals surface area contributed by atoms with Crippen molar-refractivity contribution in [3.05, 3.63) is 64.9 Å². The number of nitrogens with zero attached hydrogens (tertiary/aromatic N) is 1. The molecule has 0 saturated carbocycles. The van der Waals surface area contributed by atoms with Gasteiger partial charge in [0.25, 0.3) is 0 Å². The zero-order valence-electron chi connectivity index (χ0n) is 16.0. The average Bonchev–Trinajstić information content (AvgIpc) is 2.70. The van der Waals surface area contributed by atoms with E-state index in [1.807, 2.05) is 0 Å². The highest BCUT2D eigenvalue weighted by molar-refractivity contribution is 6.30. The minimum absolute atomic E-state index is 0.0259. The predicted octanol–water partition coefficient (Wildman–Crippen LogP) is 3.80. The van der Waals surface area contributed by atoms with Crippen LogP contribution in [0.25, 0.3) is 0 Å². The molecule has 2 aromatic carbocycles. The van der Waals surface area contributed by atoms with Crippen LogP contribution in [-0.4, -0.2) is 36.4 Å². The van der Waals surface area contributed by atoms with Gasteiger partial charge in [0.1, 0.15) is 17.6 Å². The number of nitrogens with one attached hydrogen (secondary N) is 1. The predicted molar refractivity (Wildman–Crippen MR) is 107 cm³/mol. The van der Waals surface area contributed by atoms with Gasteiger partial charge < -0.3 is 15.0 Å². The topological polar surface area (TPSA) is 58.6 Å². The van der Waals surface area contributed by atoms with Gasteiger partial charge in [-0.25, -0.2) is 4.39 Å². The first-order valence-corrected chi connectivity index (χ1v) is 9.43. The second-order valence-electron chi connectivity index (χ2n) is 6.31. The molecule has 5 nitrogen and oxygen atoms in total. The van der Waals surface area contributed by atoms with Crippen LogP contribution in [0.1, 0.15) is 25.3 Å². The minimum Gasteiger partial charge on any atom is -0.494 e. The molecule has 7 heteroatoms. The van der Waals surface area contributed by atoms with E-state index in [2.05, 4.69) is 5.32 Å². The Balaban J connectivity index is 1.97. The summed E-state index contributed by atoms with van der Waals surface area (Å²) in [7, 11) is 1.50.